The smallest absolute Gasteiger partial charge is 0.322 e. The molecule has 1 aliphatic carbocycles. The third-order valence-electron chi connectivity index (χ3n) is 4.52. The molecule has 1 aromatic carbocycles. The van der Waals surface area contributed by atoms with Crippen LogP contribution in [0.1, 0.15) is 24.0 Å². The van der Waals surface area contributed by atoms with Gasteiger partial charge >= 0.3 is 5.97 Å². The summed E-state index contributed by atoms with van der Waals surface area (Å²) in [6.07, 6.45) is 1.09. The lowest BCUT2D eigenvalue weighted by molar-refractivity contribution is -0.138. The molecule has 132 valence electrons. The van der Waals surface area contributed by atoms with Gasteiger partial charge in [0.1, 0.15) is 17.9 Å². The van der Waals surface area contributed by atoms with Crippen LogP contribution in [0.2, 0.25) is 5.02 Å². The SMILES string of the molecule is O=C(O)CNC(=O)C1=C(O)c2cc(Cl)ccc2[C@]2(CCCOC2)C1=O. The highest BCUT2D eigenvalue weighted by Gasteiger charge is 2.50. The average molecular weight is 366 g/mol. The Hall–Kier alpha value is -2.38. The summed E-state index contributed by atoms with van der Waals surface area (Å²) in [6.45, 7) is -0.0630. The van der Waals surface area contributed by atoms with Gasteiger partial charge in [-0.25, -0.2) is 0 Å². The minimum atomic E-state index is -1.25. The van der Waals surface area contributed by atoms with Gasteiger partial charge < -0.3 is 20.3 Å². The zero-order chi connectivity index (χ0) is 18.2. The highest BCUT2D eigenvalue weighted by Crippen LogP contribution is 2.45. The number of nitrogens with one attached hydrogen (secondary N) is 1. The van der Waals surface area contributed by atoms with Crippen LogP contribution in [0.5, 0.6) is 0 Å². The van der Waals surface area contributed by atoms with E-state index in [9.17, 15) is 19.5 Å². The van der Waals surface area contributed by atoms with Gasteiger partial charge in [0.2, 0.25) is 0 Å². The molecule has 1 spiro atoms. The van der Waals surface area contributed by atoms with Crippen LogP contribution in [0.3, 0.4) is 0 Å². The molecule has 3 N–H and O–H groups in total. The molecule has 1 atom stereocenters. The van der Waals surface area contributed by atoms with E-state index < -0.39 is 41.0 Å². The lowest BCUT2D eigenvalue weighted by Crippen LogP contribution is -2.49. The van der Waals surface area contributed by atoms with Gasteiger partial charge in [0.15, 0.2) is 5.78 Å². The predicted molar refractivity (Wildman–Crippen MR) is 88.4 cm³/mol. The molecule has 8 heteroatoms. The van der Waals surface area contributed by atoms with Crippen LogP contribution in [0.15, 0.2) is 23.8 Å². The Bertz CT molecular complexity index is 794. The maximum atomic E-state index is 13.1. The van der Waals surface area contributed by atoms with Gasteiger partial charge in [-0.1, -0.05) is 17.7 Å². The Kier molecular flexibility index (Phi) is 4.53. The number of Topliss-reactive ketones (excluding diaryl/α,β-unsaturated/α-hetero) is 1. The number of ketones is 1. The highest BCUT2D eigenvalue weighted by atomic mass is 35.5. The molecule has 0 aromatic heterocycles. The van der Waals surface area contributed by atoms with Crippen molar-refractivity contribution in [3.63, 3.8) is 0 Å². The van der Waals surface area contributed by atoms with Crippen LogP contribution in [-0.4, -0.2) is 47.6 Å². The number of carboxylic acid groups (broad SMARTS) is 1. The van der Waals surface area contributed by atoms with Crippen molar-refractivity contribution in [2.45, 2.75) is 18.3 Å². The number of halogens is 1. The van der Waals surface area contributed by atoms with Crippen molar-refractivity contribution in [2.75, 3.05) is 19.8 Å². The Morgan fingerprint density at radius 1 is 1.36 bits per heavy atom. The number of carbonyl (C=O) groups excluding carboxylic acids is 2. The molecular weight excluding hydrogens is 350 g/mol. The molecule has 25 heavy (non-hydrogen) atoms. The van der Waals surface area contributed by atoms with Crippen molar-refractivity contribution in [1.82, 2.24) is 5.32 Å². The van der Waals surface area contributed by atoms with E-state index in [2.05, 4.69) is 5.32 Å². The molecular formula is C17H16ClNO6. The quantitative estimate of drug-likeness (QED) is 0.698. The van der Waals surface area contributed by atoms with Crippen LogP contribution >= 0.6 is 11.6 Å². The van der Waals surface area contributed by atoms with E-state index in [1.165, 1.54) is 6.07 Å². The average Bonchev–Trinajstić information content (AvgIpc) is 2.59. The predicted octanol–water partition coefficient (Wildman–Crippen LogP) is 1.44. The Labute approximate surface area is 148 Å². The molecule has 1 saturated heterocycles. The number of hydrogen-bond acceptors (Lipinski definition) is 5. The minimum Gasteiger partial charge on any atom is -0.506 e. The third-order valence-corrected chi connectivity index (χ3v) is 4.75. The zero-order valence-corrected chi connectivity index (χ0v) is 13.9. The van der Waals surface area contributed by atoms with Gasteiger partial charge in [-0.15, -0.1) is 0 Å². The number of carboxylic acids is 1. The van der Waals surface area contributed by atoms with Crippen LogP contribution < -0.4 is 5.32 Å². The van der Waals surface area contributed by atoms with Crippen LogP contribution in [0.4, 0.5) is 0 Å². The molecule has 1 aromatic rings. The standard InChI is InChI=1S/C17H16ClNO6/c18-9-2-3-11-10(6-9)14(22)13(16(24)19-7-12(20)21)15(23)17(11)4-1-5-25-8-17/h2-3,6,22H,1,4-5,7-8H2,(H,19,24)(H,20,21)/t17-/m1/s1. The van der Waals surface area contributed by atoms with Crippen molar-refractivity contribution in [2.24, 2.45) is 0 Å². The molecule has 0 unspecified atom stereocenters. The zero-order valence-electron chi connectivity index (χ0n) is 13.2. The second-order valence-electron chi connectivity index (χ2n) is 6.06. The maximum Gasteiger partial charge on any atom is 0.322 e. The molecule has 2 aliphatic rings. The summed E-state index contributed by atoms with van der Waals surface area (Å²) in [7, 11) is 0. The number of rotatable bonds is 3. The Morgan fingerprint density at radius 2 is 2.12 bits per heavy atom. The first-order chi connectivity index (χ1) is 11.9. The largest absolute Gasteiger partial charge is 0.506 e. The number of fused-ring (bicyclic) bond motifs is 2. The number of aliphatic hydroxyl groups excluding tert-OH is 1. The van der Waals surface area contributed by atoms with Gasteiger partial charge in [0.05, 0.1) is 12.0 Å². The van der Waals surface area contributed by atoms with Crippen molar-refractivity contribution >= 4 is 35.0 Å². The summed E-state index contributed by atoms with van der Waals surface area (Å²) in [4.78, 5) is 36.1. The van der Waals surface area contributed by atoms with Gasteiger partial charge in [-0.05, 0) is 30.5 Å². The number of benzene rings is 1. The van der Waals surface area contributed by atoms with Crippen molar-refractivity contribution in [3.8, 4) is 0 Å². The number of ether oxygens (including phenoxy) is 1. The van der Waals surface area contributed by atoms with Gasteiger partial charge in [0, 0.05) is 17.2 Å². The summed E-state index contributed by atoms with van der Waals surface area (Å²) in [5.74, 6) is -3.25. The fraction of sp³-hybridized carbons (Fsp3) is 0.353. The summed E-state index contributed by atoms with van der Waals surface area (Å²) in [5, 5.41) is 21.7. The molecule has 0 bridgehead atoms. The topological polar surface area (TPSA) is 113 Å². The highest BCUT2D eigenvalue weighted by molar-refractivity contribution is 6.32. The Morgan fingerprint density at radius 3 is 2.76 bits per heavy atom. The van der Waals surface area contributed by atoms with Crippen LogP contribution in [0.25, 0.3) is 5.76 Å². The van der Waals surface area contributed by atoms with E-state index in [1.54, 1.807) is 12.1 Å². The number of aliphatic hydroxyl groups is 1. The van der Waals surface area contributed by atoms with Crippen molar-refractivity contribution in [3.05, 3.63) is 39.9 Å². The van der Waals surface area contributed by atoms with E-state index >= 15 is 0 Å². The van der Waals surface area contributed by atoms with E-state index in [0.29, 0.717) is 30.0 Å². The van der Waals surface area contributed by atoms with Crippen molar-refractivity contribution in [1.29, 1.82) is 0 Å². The molecule has 1 heterocycles. The normalized spacial score (nSPS) is 22.7. The molecule has 1 amide bonds. The summed E-state index contributed by atoms with van der Waals surface area (Å²) in [6, 6.07) is 4.76. The second-order valence-corrected chi connectivity index (χ2v) is 6.49. The second kappa shape index (κ2) is 6.50. The van der Waals surface area contributed by atoms with E-state index in [4.69, 9.17) is 21.4 Å². The first-order valence-corrected chi connectivity index (χ1v) is 8.11. The summed E-state index contributed by atoms with van der Waals surface area (Å²) >= 11 is 6.01. The van der Waals surface area contributed by atoms with E-state index in [0.717, 1.165) is 0 Å². The monoisotopic (exact) mass is 365 g/mol. The Balaban J connectivity index is 2.14. The first-order valence-electron chi connectivity index (χ1n) is 7.73. The summed E-state index contributed by atoms with van der Waals surface area (Å²) in [5.41, 5.74) is -0.686. The van der Waals surface area contributed by atoms with Crippen LogP contribution in [-0.2, 0) is 24.5 Å². The van der Waals surface area contributed by atoms with Gasteiger partial charge in [0.25, 0.3) is 5.91 Å². The number of hydrogen-bond donors (Lipinski definition) is 3. The first kappa shape index (κ1) is 17.4. The third kappa shape index (κ3) is 2.89. The van der Waals surface area contributed by atoms with Gasteiger partial charge in [-0.2, -0.15) is 0 Å². The van der Waals surface area contributed by atoms with Crippen LogP contribution in [0, 0.1) is 0 Å². The molecule has 0 radical (unpaired) electrons. The minimum absolute atomic E-state index is 0.0868. The molecule has 1 aliphatic heterocycles. The van der Waals surface area contributed by atoms with E-state index in [1.807, 2.05) is 0 Å². The fourth-order valence-electron chi connectivity index (χ4n) is 3.37. The molecule has 7 nitrogen and oxygen atoms in total. The summed E-state index contributed by atoms with van der Waals surface area (Å²) < 4.78 is 5.50. The maximum absolute atomic E-state index is 13.1. The lowest BCUT2D eigenvalue weighted by atomic mass is 9.65. The fourth-order valence-corrected chi connectivity index (χ4v) is 3.55. The number of aliphatic carboxylic acids is 1. The molecule has 3 rings (SSSR count). The lowest BCUT2D eigenvalue weighted by Gasteiger charge is -2.40. The van der Waals surface area contributed by atoms with Gasteiger partial charge in [-0.3, -0.25) is 14.4 Å². The molecule has 0 saturated carbocycles. The van der Waals surface area contributed by atoms with E-state index in [-0.39, 0.29) is 12.2 Å². The molecule has 1 fully saturated rings. The number of amides is 1. The van der Waals surface area contributed by atoms with Crippen molar-refractivity contribution < 1.29 is 29.3 Å². The number of carbonyl (C=O) groups is 3.